The Balaban J connectivity index is 1.39. The lowest BCUT2D eigenvalue weighted by atomic mass is 9.85. The van der Waals surface area contributed by atoms with Crippen molar-refractivity contribution in [2.24, 2.45) is 0 Å². The molecule has 7 nitrogen and oxygen atoms in total. The smallest absolute Gasteiger partial charge is 0.177 e. The van der Waals surface area contributed by atoms with Gasteiger partial charge in [-0.25, -0.2) is 0 Å². The van der Waals surface area contributed by atoms with Crippen LogP contribution in [-0.4, -0.2) is 60.0 Å². The average molecular weight is 350 g/mol. The molecule has 1 aliphatic carbocycles. The Hall–Kier alpha value is -2.38. The molecule has 2 atom stereocenters. The molecule has 4 heterocycles. The van der Waals surface area contributed by atoms with Gasteiger partial charge < -0.3 is 5.11 Å². The van der Waals surface area contributed by atoms with E-state index in [1.54, 1.807) is 6.20 Å². The van der Waals surface area contributed by atoms with Crippen LogP contribution in [0.5, 0.6) is 0 Å². The van der Waals surface area contributed by atoms with E-state index in [-0.39, 0.29) is 6.10 Å². The molecule has 3 aromatic heterocycles. The predicted octanol–water partition coefficient (Wildman–Crippen LogP) is 1.89. The second kappa shape index (κ2) is 6.41. The molecule has 1 saturated carbocycles. The highest BCUT2D eigenvalue weighted by molar-refractivity contribution is 5.58. The van der Waals surface area contributed by atoms with Crippen LogP contribution in [0.1, 0.15) is 37.4 Å². The van der Waals surface area contributed by atoms with Crippen molar-refractivity contribution in [3.63, 3.8) is 0 Å². The largest absolute Gasteiger partial charge is 0.391 e. The number of rotatable bonds is 3. The normalized spacial score (nSPS) is 24.7. The number of pyridine rings is 1. The van der Waals surface area contributed by atoms with Crippen molar-refractivity contribution in [2.75, 3.05) is 13.1 Å². The molecule has 2 fully saturated rings. The number of hydrogen-bond acceptors (Lipinski definition) is 6. The van der Waals surface area contributed by atoms with E-state index in [0.29, 0.717) is 12.0 Å². The first-order valence-corrected chi connectivity index (χ1v) is 9.34. The summed E-state index contributed by atoms with van der Waals surface area (Å²) in [5.41, 5.74) is 2.65. The summed E-state index contributed by atoms with van der Waals surface area (Å²) in [6, 6.07) is 8.21. The molecule has 3 aromatic rings. The van der Waals surface area contributed by atoms with Crippen LogP contribution in [0.15, 0.2) is 36.7 Å². The molecule has 0 spiro atoms. The molecule has 7 heteroatoms. The number of likely N-dealkylation sites (tertiary alicyclic amines) is 1. The highest BCUT2D eigenvalue weighted by Gasteiger charge is 2.36. The van der Waals surface area contributed by atoms with E-state index in [4.69, 9.17) is 5.10 Å². The Kier molecular flexibility index (Phi) is 3.90. The Bertz CT molecular complexity index is 903. The van der Waals surface area contributed by atoms with Crippen LogP contribution in [0.2, 0.25) is 0 Å². The van der Waals surface area contributed by atoms with Crippen molar-refractivity contribution >= 4 is 5.65 Å². The van der Waals surface area contributed by atoms with Gasteiger partial charge in [-0.15, -0.1) is 10.2 Å². The van der Waals surface area contributed by atoms with Crippen molar-refractivity contribution in [1.82, 2.24) is 29.7 Å². The summed E-state index contributed by atoms with van der Waals surface area (Å²) in [5.74, 6) is 1.30. The van der Waals surface area contributed by atoms with E-state index in [9.17, 15) is 5.11 Å². The highest BCUT2D eigenvalue weighted by atomic mass is 16.3. The molecule has 0 radical (unpaired) electrons. The molecular weight excluding hydrogens is 328 g/mol. The minimum Gasteiger partial charge on any atom is -0.391 e. The van der Waals surface area contributed by atoms with Gasteiger partial charge in [-0.2, -0.15) is 9.61 Å². The molecule has 2 aliphatic rings. The Labute approximate surface area is 151 Å². The third kappa shape index (κ3) is 2.68. The van der Waals surface area contributed by atoms with Crippen molar-refractivity contribution in [3.8, 4) is 11.3 Å². The summed E-state index contributed by atoms with van der Waals surface area (Å²) < 4.78 is 1.89. The number of fused-ring (bicyclic) bond motifs is 1. The minimum absolute atomic E-state index is 0.135. The number of piperidine rings is 1. The standard InChI is InChI=1S/C19H22N6O/c26-17-5-4-16(17)24-10-7-13(8-11-24)19-22-21-18-6-3-15(23-25(18)19)14-2-1-9-20-12-14/h1-3,6,9,12-13,16-17,26H,4-5,7-8,10-11H2. The quantitative estimate of drug-likeness (QED) is 0.777. The zero-order valence-electron chi connectivity index (χ0n) is 14.6. The Morgan fingerprint density at radius 1 is 1.00 bits per heavy atom. The summed E-state index contributed by atoms with van der Waals surface area (Å²) in [4.78, 5) is 6.61. The molecule has 1 N–H and O–H groups in total. The van der Waals surface area contributed by atoms with Crippen molar-refractivity contribution in [2.45, 2.75) is 43.7 Å². The monoisotopic (exact) mass is 350 g/mol. The van der Waals surface area contributed by atoms with Gasteiger partial charge in [-0.1, -0.05) is 0 Å². The Morgan fingerprint density at radius 2 is 1.88 bits per heavy atom. The Morgan fingerprint density at radius 3 is 2.58 bits per heavy atom. The second-order valence-corrected chi connectivity index (χ2v) is 7.31. The van der Waals surface area contributed by atoms with Gasteiger partial charge in [0.1, 0.15) is 0 Å². The number of nitrogens with zero attached hydrogens (tertiary/aromatic N) is 6. The van der Waals surface area contributed by atoms with E-state index in [1.807, 2.05) is 35.0 Å². The molecule has 1 saturated heterocycles. The molecule has 2 unspecified atom stereocenters. The lowest BCUT2D eigenvalue weighted by Gasteiger charge is -2.44. The zero-order chi connectivity index (χ0) is 17.5. The molecule has 0 bridgehead atoms. The summed E-state index contributed by atoms with van der Waals surface area (Å²) in [5, 5.41) is 23.4. The van der Waals surface area contributed by atoms with Crippen molar-refractivity contribution in [1.29, 1.82) is 0 Å². The van der Waals surface area contributed by atoms with Crippen LogP contribution >= 0.6 is 0 Å². The van der Waals surface area contributed by atoms with Crippen LogP contribution in [0.3, 0.4) is 0 Å². The van der Waals surface area contributed by atoms with E-state index in [2.05, 4.69) is 20.1 Å². The third-order valence-corrected chi connectivity index (χ3v) is 5.81. The van der Waals surface area contributed by atoms with Gasteiger partial charge in [-0.05, 0) is 63.0 Å². The van der Waals surface area contributed by atoms with Gasteiger partial charge in [0.2, 0.25) is 0 Å². The fourth-order valence-electron chi connectivity index (χ4n) is 4.11. The molecule has 134 valence electrons. The summed E-state index contributed by atoms with van der Waals surface area (Å²) in [6.07, 6.45) is 7.57. The first-order valence-electron chi connectivity index (χ1n) is 9.34. The molecule has 0 amide bonds. The van der Waals surface area contributed by atoms with Crippen LogP contribution in [0, 0.1) is 0 Å². The van der Waals surface area contributed by atoms with Crippen LogP contribution in [0.4, 0.5) is 0 Å². The predicted molar refractivity (Wildman–Crippen MR) is 96.6 cm³/mol. The maximum Gasteiger partial charge on any atom is 0.177 e. The van der Waals surface area contributed by atoms with Crippen LogP contribution < -0.4 is 0 Å². The third-order valence-electron chi connectivity index (χ3n) is 5.81. The second-order valence-electron chi connectivity index (χ2n) is 7.31. The molecular formula is C19H22N6O. The first kappa shape index (κ1) is 15.8. The number of aliphatic hydroxyl groups excluding tert-OH is 1. The summed E-state index contributed by atoms with van der Waals surface area (Å²) >= 11 is 0. The van der Waals surface area contributed by atoms with Gasteiger partial charge in [0.05, 0.1) is 11.8 Å². The van der Waals surface area contributed by atoms with Crippen molar-refractivity contribution in [3.05, 3.63) is 42.5 Å². The highest BCUT2D eigenvalue weighted by Crippen LogP contribution is 2.33. The molecule has 1 aliphatic heterocycles. The lowest BCUT2D eigenvalue weighted by molar-refractivity contribution is -0.0304. The lowest BCUT2D eigenvalue weighted by Crippen LogP contribution is -2.52. The SMILES string of the molecule is OC1CCC1N1CCC(c2nnc3ccc(-c4cccnc4)nn23)CC1. The maximum absolute atomic E-state index is 9.91. The molecule has 26 heavy (non-hydrogen) atoms. The van der Waals surface area contributed by atoms with Gasteiger partial charge in [0, 0.05) is 29.9 Å². The molecule has 5 rings (SSSR count). The summed E-state index contributed by atoms with van der Waals surface area (Å²) in [6.45, 7) is 2.01. The fraction of sp³-hybridized carbons (Fsp3) is 0.474. The summed E-state index contributed by atoms with van der Waals surface area (Å²) in [7, 11) is 0. The molecule has 0 aromatic carbocycles. The average Bonchev–Trinajstić information content (AvgIpc) is 3.11. The fourth-order valence-corrected chi connectivity index (χ4v) is 4.11. The number of aliphatic hydroxyl groups is 1. The number of hydrogen-bond donors (Lipinski definition) is 1. The van der Waals surface area contributed by atoms with Gasteiger partial charge >= 0.3 is 0 Å². The van der Waals surface area contributed by atoms with Crippen LogP contribution in [0.25, 0.3) is 16.9 Å². The zero-order valence-corrected chi connectivity index (χ0v) is 14.6. The van der Waals surface area contributed by atoms with E-state index < -0.39 is 0 Å². The van der Waals surface area contributed by atoms with E-state index >= 15 is 0 Å². The van der Waals surface area contributed by atoms with Crippen LogP contribution in [-0.2, 0) is 0 Å². The van der Waals surface area contributed by atoms with Gasteiger partial charge in [-0.3, -0.25) is 9.88 Å². The maximum atomic E-state index is 9.91. The minimum atomic E-state index is -0.135. The van der Waals surface area contributed by atoms with E-state index in [1.165, 1.54) is 0 Å². The number of aromatic nitrogens is 5. The van der Waals surface area contributed by atoms with E-state index in [0.717, 1.165) is 61.5 Å². The van der Waals surface area contributed by atoms with Gasteiger partial charge in [0.15, 0.2) is 11.5 Å². The first-order chi connectivity index (χ1) is 12.8. The topological polar surface area (TPSA) is 79.4 Å². The van der Waals surface area contributed by atoms with Crippen molar-refractivity contribution < 1.29 is 5.11 Å². The van der Waals surface area contributed by atoms with Gasteiger partial charge in [0.25, 0.3) is 0 Å².